The monoisotopic (exact) mass is 874 g/mol. The second-order valence-electron chi connectivity index (χ2n) is 18.5. The Kier molecular flexibility index (Phi) is 39.6. The highest BCUT2D eigenvalue weighted by atomic mass is 32.2. The maximum absolute atomic E-state index is 13.1. The fourth-order valence-electron chi connectivity index (χ4n) is 8.61. The fourth-order valence-corrected chi connectivity index (χ4v) is 9.87. The Hall–Kier alpha value is -0.460. The summed E-state index contributed by atoms with van der Waals surface area (Å²) in [5.74, 6) is -0.0701. The van der Waals surface area contributed by atoms with Crippen molar-refractivity contribution in [3.63, 3.8) is 0 Å². The number of hydrogen-bond acceptors (Lipinski definition) is 9. The largest absolute Gasteiger partial charge is 0.394 e. The van der Waals surface area contributed by atoms with Crippen molar-refractivity contribution in [1.82, 2.24) is 5.32 Å². The molecular formula is C50H99NO8S. The third-order valence-corrected chi connectivity index (χ3v) is 14.1. The highest BCUT2D eigenvalue weighted by molar-refractivity contribution is 7.99. The van der Waals surface area contributed by atoms with Crippen LogP contribution in [0.4, 0.5) is 0 Å². The minimum Gasteiger partial charge on any atom is -0.394 e. The van der Waals surface area contributed by atoms with Crippen molar-refractivity contribution >= 4 is 17.7 Å². The molecule has 0 radical (unpaired) electrons. The van der Waals surface area contributed by atoms with Gasteiger partial charge in [-0.2, -0.15) is 0 Å². The van der Waals surface area contributed by atoms with E-state index in [9.17, 15) is 35.4 Å². The number of aliphatic hydroxyl groups excluding tert-OH is 6. The summed E-state index contributed by atoms with van der Waals surface area (Å²) in [6.45, 7) is 4.00. The van der Waals surface area contributed by atoms with Gasteiger partial charge in [0.1, 0.15) is 36.0 Å². The number of nitrogens with one attached hydrogen (secondary N) is 1. The van der Waals surface area contributed by atoms with Gasteiger partial charge < -0.3 is 40.7 Å². The van der Waals surface area contributed by atoms with Crippen LogP contribution in [-0.2, 0) is 9.53 Å². The summed E-state index contributed by atoms with van der Waals surface area (Å²) in [7, 11) is 0. The van der Waals surface area contributed by atoms with Crippen LogP contribution in [-0.4, -0.2) is 97.0 Å². The van der Waals surface area contributed by atoms with Crippen LogP contribution in [0.2, 0.25) is 0 Å². The van der Waals surface area contributed by atoms with Crippen LogP contribution in [0.15, 0.2) is 0 Å². The van der Waals surface area contributed by atoms with Crippen LogP contribution in [0.5, 0.6) is 0 Å². The molecule has 0 aromatic heterocycles. The predicted molar refractivity (Wildman–Crippen MR) is 252 cm³/mol. The van der Waals surface area contributed by atoms with Crippen molar-refractivity contribution in [3.8, 4) is 0 Å². The van der Waals surface area contributed by atoms with E-state index in [0.29, 0.717) is 12.8 Å². The second-order valence-corrected chi connectivity index (χ2v) is 19.6. The molecule has 358 valence electrons. The van der Waals surface area contributed by atoms with Gasteiger partial charge in [0.25, 0.3) is 0 Å². The first kappa shape index (κ1) is 57.6. The molecule has 1 aliphatic rings. The third kappa shape index (κ3) is 30.6. The fraction of sp³-hybridized carbons (Fsp3) is 0.980. The van der Waals surface area contributed by atoms with Gasteiger partial charge in [-0.05, 0) is 12.8 Å². The van der Waals surface area contributed by atoms with Crippen LogP contribution in [0.3, 0.4) is 0 Å². The Morgan fingerprint density at radius 1 is 0.517 bits per heavy atom. The molecule has 0 spiro atoms. The van der Waals surface area contributed by atoms with Gasteiger partial charge in [-0.15, -0.1) is 11.8 Å². The summed E-state index contributed by atoms with van der Waals surface area (Å²) in [5, 5.41) is 65.7. The Bertz CT molecular complexity index is 931. The van der Waals surface area contributed by atoms with Gasteiger partial charge in [-0.25, -0.2) is 0 Å². The molecule has 1 saturated heterocycles. The summed E-state index contributed by atoms with van der Waals surface area (Å²) in [6, 6.07) is -0.799. The van der Waals surface area contributed by atoms with Gasteiger partial charge in [0.05, 0.1) is 18.8 Å². The van der Waals surface area contributed by atoms with E-state index in [1.54, 1.807) is 0 Å². The molecule has 1 fully saturated rings. The third-order valence-electron chi connectivity index (χ3n) is 12.8. The van der Waals surface area contributed by atoms with Gasteiger partial charge in [-0.3, -0.25) is 4.79 Å². The molecule has 2 unspecified atom stereocenters. The highest BCUT2D eigenvalue weighted by Crippen LogP contribution is 2.30. The first-order valence-electron chi connectivity index (χ1n) is 25.8. The molecule has 1 aliphatic heterocycles. The lowest BCUT2D eigenvalue weighted by atomic mass is 9.99. The number of amides is 1. The van der Waals surface area contributed by atoms with Crippen molar-refractivity contribution in [1.29, 1.82) is 0 Å². The van der Waals surface area contributed by atoms with Crippen LogP contribution < -0.4 is 5.32 Å². The molecule has 0 aromatic carbocycles. The standard InChI is InChI=1S/C50H99NO8S/c1-3-5-7-9-11-13-15-17-18-19-20-21-22-23-24-25-26-27-29-31-33-35-37-39-45(54)51-42(41-60-50-49(58)48(57)47(56)44(40-52)59-50)46(55)43(53)38-36-34-32-30-28-16-14-12-10-8-6-4-2/h42-44,46-50,52-53,55-58H,3-41H2,1-2H3,(H,51,54)/t42-,43-,44?,46-,47-,48-,49?,50-/m0/s1. The number of aliphatic hydroxyl groups is 6. The molecule has 0 aromatic rings. The maximum atomic E-state index is 13.1. The van der Waals surface area contributed by atoms with Crippen LogP contribution in [0.25, 0.3) is 0 Å². The van der Waals surface area contributed by atoms with E-state index in [1.807, 2.05) is 0 Å². The molecular weight excluding hydrogens is 775 g/mol. The summed E-state index contributed by atoms with van der Waals surface area (Å²) < 4.78 is 5.65. The van der Waals surface area contributed by atoms with E-state index < -0.39 is 54.7 Å². The van der Waals surface area contributed by atoms with Crippen molar-refractivity contribution in [2.75, 3.05) is 12.4 Å². The quantitative estimate of drug-likeness (QED) is 0.0296. The number of ether oxygens (including phenoxy) is 1. The number of unbranched alkanes of at least 4 members (excludes halogenated alkanes) is 33. The first-order chi connectivity index (χ1) is 29.3. The molecule has 7 N–H and O–H groups in total. The SMILES string of the molecule is CCCCCCCCCCCCCCCCCCCCCCCCCC(=O)N[C@@H](CS[C@@H]1OC(CO)[C@H](O)[C@H](O)C1O)[C@H](O)[C@@H](O)CCCCCCCCCCCCCC. The number of thioether (sulfide) groups is 1. The number of rotatable bonds is 44. The Balaban J connectivity index is 2.26. The normalized spacial score (nSPS) is 21.0. The topological polar surface area (TPSA) is 160 Å². The molecule has 1 heterocycles. The van der Waals surface area contributed by atoms with E-state index in [1.165, 1.54) is 186 Å². The average molecular weight is 874 g/mol. The van der Waals surface area contributed by atoms with Crippen LogP contribution >= 0.6 is 11.8 Å². The zero-order valence-electron chi connectivity index (χ0n) is 39.1. The van der Waals surface area contributed by atoms with Crippen molar-refractivity contribution in [2.45, 2.75) is 300 Å². The lowest BCUT2D eigenvalue weighted by Gasteiger charge is -2.40. The molecule has 1 rings (SSSR count). The summed E-state index contributed by atoms with van der Waals surface area (Å²) in [4.78, 5) is 13.1. The molecule has 0 saturated carbocycles. The first-order valence-corrected chi connectivity index (χ1v) is 26.9. The number of carbonyl (C=O) groups is 1. The molecule has 0 bridgehead atoms. The van der Waals surface area contributed by atoms with Gasteiger partial charge in [0.2, 0.25) is 5.91 Å². The van der Waals surface area contributed by atoms with Gasteiger partial charge in [-0.1, -0.05) is 232 Å². The van der Waals surface area contributed by atoms with E-state index >= 15 is 0 Å². The van der Waals surface area contributed by atoms with Gasteiger partial charge in [0.15, 0.2) is 0 Å². The molecule has 60 heavy (non-hydrogen) atoms. The zero-order chi connectivity index (χ0) is 43.9. The Morgan fingerprint density at radius 2 is 0.867 bits per heavy atom. The minimum absolute atomic E-state index is 0.116. The Labute approximate surface area is 373 Å². The van der Waals surface area contributed by atoms with Crippen molar-refractivity contribution in [2.24, 2.45) is 0 Å². The predicted octanol–water partition coefficient (Wildman–Crippen LogP) is 11.2. The Morgan fingerprint density at radius 3 is 1.23 bits per heavy atom. The smallest absolute Gasteiger partial charge is 0.220 e. The van der Waals surface area contributed by atoms with Gasteiger partial charge >= 0.3 is 0 Å². The average Bonchev–Trinajstić information content (AvgIpc) is 3.25. The molecule has 10 heteroatoms. The minimum atomic E-state index is -1.50. The summed E-state index contributed by atoms with van der Waals surface area (Å²) in [5.41, 5.74) is -0.982. The molecule has 8 atom stereocenters. The highest BCUT2D eigenvalue weighted by Gasteiger charge is 2.44. The van der Waals surface area contributed by atoms with Crippen LogP contribution in [0.1, 0.15) is 251 Å². The van der Waals surface area contributed by atoms with E-state index in [2.05, 4.69) is 19.2 Å². The lowest BCUT2D eigenvalue weighted by Crippen LogP contribution is -2.58. The van der Waals surface area contributed by atoms with E-state index in [0.717, 1.165) is 50.3 Å². The number of carbonyl (C=O) groups excluding carboxylic acids is 1. The van der Waals surface area contributed by atoms with E-state index in [-0.39, 0.29) is 11.7 Å². The zero-order valence-corrected chi connectivity index (χ0v) is 39.9. The second kappa shape index (κ2) is 41.3. The lowest BCUT2D eigenvalue weighted by molar-refractivity contribution is -0.205. The van der Waals surface area contributed by atoms with Crippen LogP contribution in [0, 0.1) is 0 Å². The van der Waals surface area contributed by atoms with Crippen molar-refractivity contribution in [3.05, 3.63) is 0 Å². The van der Waals surface area contributed by atoms with Crippen molar-refractivity contribution < 1.29 is 40.2 Å². The molecule has 9 nitrogen and oxygen atoms in total. The summed E-state index contributed by atoms with van der Waals surface area (Å²) >= 11 is 1.09. The molecule has 1 amide bonds. The van der Waals surface area contributed by atoms with E-state index in [4.69, 9.17) is 4.74 Å². The van der Waals surface area contributed by atoms with Gasteiger partial charge in [0, 0.05) is 12.2 Å². The maximum Gasteiger partial charge on any atom is 0.220 e. The molecule has 0 aliphatic carbocycles. The summed E-state index contributed by atoms with van der Waals surface area (Å²) in [6.07, 6.45) is 38.0. The number of hydrogen-bond donors (Lipinski definition) is 7.